The summed E-state index contributed by atoms with van der Waals surface area (Å²) >= 11 is 3.36. The second-order valence-electron chi connectivity index (χ2n) is 4.30. The van der Waals surface area contributed by atoms with Crippen LogP contribution in [0.2, 0.25) is 0 Å². The van der Waals surface area contributed by atoms with Crippen molar-refractivity contribution in [3.63, 3.8) is 0 Å². The number of nitrogens with zero attached hydrogens (tertiary/aromatic N) is 1. The first-order valence-corrected chi connectivity index (χ1v) is 6.61. The molecule has 0 saturated heterocycles. The lowest BCUT2D eigenvalue weighted by Gasteiger charge is -2.17. The minimum Gasteiger partial charge on any atom is -0.337 e. The summed E-state index contributed by atoms with van der Waals surface area (Å²) in [5, 5.41) is 0. The van der Waals surface area contributed by atoms with Gasteiger partial charge in [-0.2, -0.15) is 0 Å². The van der Waals surface area contributed by atoms with Crippen LogP contribution in [-0.4, -0.2) is 17.9 Å². The van der Waals surface area contributed by atoms with Crippen molar-refractivity contribution in [3.05, 3.63) is 69.9 Å². The summed E-state index contributed by atoms with van der Waals surface area (Å²) in [6.45, 7) is 0.489. The van der Waals surface area contributed by atoms with Crippen molar-refractivity contribution in [3.8, 4) is 0 Å². The highest BCUT2D eigenvalue weighted by molar-refractivity contribution is 9.10. The van der Waals surface area contributed by atoms with Gasteiger partial charge in [-0.25, -0.2) is 4.39 Å². The zero-order chi connectivity index (χ0) is 13.8. The highest BCUT2D eigenvalue weighted by Crippen LogP contribution is 2.13. The molecule has 0 radical (unpaired) electrons. The van der Waals surface area contributed by atoms with Gasteiger partial charge in [0.15, 0.2) is 0 Å². The largest absolute Gasteiger partial charge is 0.337 e. The summed E-state index contributed by atoms with van der Waals surface area (Å²) in [7, 11) is 1.70. The molecule has 19 heavy (non-hydrogen) atoms. The van der Waals surface area contributed by atoms with Crippen molar-refractivity contribution in [1.82, 2.24) is 4.90 Å². The van der Waals surface area contributed by atoms with Crippen molar-refractivity contribution in [2.45, 2.75) is 6.54 Å². The molecular formula is C15H13BrFNO. The number of benzene rings is 2. The fourth-order valence-electron chi connectivity index (χ4n) is 1.78. The molecule has 0 atom stereocenters. The summed E-state index contributed by atoms with van der Waals surface area (Å²) < 4.78 is 14.1. The first kappa shape index (κ1) is 13.7. The van der Waals surface area contributed by atoms with E-state index in [-0.39, 0.29) is 5.91 Å². The second-order valence-corrected chi connectivity index (χ2v) is 5.21. The van der Waals surface area contributed by atoms with E-state index in [1.54, 1.807) is 18.0 Å². The smallest absolute Gasteiger partial charge is 0.253 e. The Morgan fingerprint density at radius 2 is 1.89 bits per heavy atom. The van der Waals surface area contributed by atoms with Gasteiger partial charge in [-0.05, 0) is 35.9 Å². The molecule has 2 aromatic carbocycles. The SMILES string of the molecule is CN(Cc1ccc(Br)cc1)C(=O)c1cccc(F)c1. The van der Waals surface area contributed by atoms with Crippen LogP contribution in [0.5, 0.6) is 0 Å². The molecule has 2 rings (SSSR count). The van der Waals surface area contributed by atoms with Crippen LogP contribution in [0, 0.1) is 5.82 Å². The molecule has 4 heteroatoms. The maximum absolute atomic E-state index is 13.1. The molecule has 0 aliphatic rings. The molecule has 0 aliphatic carbocycles. The average Bonchev–Trinajstić information content (AvgIpc) is 2.40. The van der Waals surface area contributed by atoms with Crippen molar-refractivity contribution >= 4 is 21.8 Å². The molecule has 2 nitrogen and oxygen atoms in total. The minimum absolute atomic E-state index is 0.192. The van der Waals surface area contributed by atoms with Crippen LogP contribution in [0.1, 0.15) is 15.9 Å². The fourth-order valence-corrected chi connectivity index (χ4v) is 2.04. The van der Waals surface area contributed by atoms with E-state index >= 15 is 0 Å². The van der Waals surface area contributed by atoms with Crippen LogP contribution >= 0.6 is 15.9 Å². The van der Waals surface area contributed by atoms with Gasteiger partial charge in [0, 0.05) is 23.6 Å². The third kappa shape index (κ3) is 3.64. The quantitative estimate of drug-likeness (QED) is 0.840. The van der Waals surface area contributed by atoms with Gasteiger partial charge in [0.2, 0.25) is 0 Å². The van der Waals surface area contributed by atoms with Gasteiger partial charge in [0.1, 0.15) is 5.82 Å². The lowest BCUT2D eigenvalue weighted by atomic mass is 10.1. The predicted octanol–water partition coefficient (Wildman–Crippen LogP) is 3.86. The number of amides is 1. The van der Waals surface area contributed by atoms with Crippen LogP contribution in [0.15, 0.2) is 53.0 Å². The predicted molar refractivity (Wildman–Crippen MR) is 76.3 cm³/mol. The molecule has 1 amide bonds. The van der Waals surface area contributed by atoms with Crippen LogP contribution in [0.4, 0.5) is 4.39 Å². The highest BCUT2D eigenvalue weighted by Gasteiger charge is 2.12. The molecule has 0 spiro atoms. The molecule has 0 aromatic heterocycles. The van der Waals surface area contributed by atoms with Gasteiger partial charge in [0.05, 0.1) is 0 Å². The Balaban J connectivity index is 2.09. The molecular weight excluding hydrogens is 309 g/mol. The molecule has 0 unspecified atom stereocenters. The number of carbonyl (C=O) groups excluding carboxylic acids is 1. The number of hydrogen-bond acceptors (Lipinski definition) is 1. The standard InChI is InChI=1S/C15H13BrFNO/c1-18(10-11-5-7-13(16)8-6-11)15(19)12-3-2-4-14(17)9-12/h2-9H,10H2,1H3. The van der Waals surface area contributed by atoms with Gasteiger partial charge >= 0.3 is 0 Å². The van der Waals surface area contributed by atoms with E-state index in [1.807, 2.05) is 24.3 Å². The van der Waals surface area contributed by atoms with Crippen LogP contribution < -0.4 is 0 Å². The van der Waals surface area contributed by atoms with E-state index in [4.69, 9.17) is 0 Å². The molecule has 98 valence electrons. The van der Waals surface area contributed by atoms with Crippen LogP contribution in [-0.2, 0) is 6.54 Å². The Labute approximate surface area is 120 Å². The Bertz CT molecular complexity index is 583. The summed E-state index contributed by atoms with van der Waals surface area (Å²) in [4.78, 5) is 13.7. The maximum Gasteiger partial charge on any atom is 0.253 e. The van der Waals surface area contributed by atoms with Crippen LogP contribution in [0.3, 0.4) is 0 Å². The highest BCUT2D eigenvalue weighted by atomic mass is 79.9. The first-order valence-electron chi connectivity index (χ1n) is 5.82. The zero-order valence-electron chi connectivity index (χ0n) is 10.4. The van der Waals surface area contributed by atoms with E-state index in [9.17, 15) is 9.18 Å². The molecule has 2 aromatic rings. The van der Waals surface area contributed by atoms with Crippen molar-refractivity contribution < 1.29 is 9.18 Å². The van der Waals surface area contributed by atoms with E-state index in [2.05, 4.69) is 15.9 Å². The molecule has 0 heterocycles. The van der Waals surface area contributed by atoms with Gasteiger partial charge in [-0.15, -0.1) is 0 Å². The summed E-state index contributed by atoms with van der Waals surface area (Å²) in [6, 6.07) is 13.5. The Morgan fingerprint density at radius 3 is 2.53 bits per heavy atom. The van der Waals surface area contributed by atoms with Gasteiger partial charge in [-0.1, -0.05) is 34.1 Å². The molecule has 0 bridgehead atoms. The normalized spacial score (nSPS) is 10.3. The molecule has 0 fully saturated rings. The maximum atomic E-state index is 13.1. The van der Waals surface area contributed by atoms with Crippen LogP contribution in [0.25, 0.3) is 0 Å². The van der Waals surface area contributed by atoms with E-state index in [0.717, 1.165) is 10.0 Å². The zero-order valence-corrected chi connectivity index (χ0v) is 12.0. The average molecular weight is 322 g/mol. The monoisotopic (exact) mass is 321 g/mol. The molecule has 0 aliphatic heterocycles. The topological polar surface area (TPSA) is 20.3 Å². The number of hydrogen-bond donors (Lipinski definition) is 0. The number of rotatable bonds is 3. The van der Waals surface area contributed by atoms with Gasteiger partial charge < -0.3 is 4.90 Å². The van der Waals surface area contributed by atoms with Crippen molar-refractivity contribution in [1.29, 1.82) is 0 Å². The minimum atomic E-state index is -0.400. The lowest BCUT2D eigenvalue weighted by Crippen LogP contribution is -2.26. The molecule has 0 N–H and O–H groups in total. The second kappa shape index (κ2) is 5.97. The van der Waals surface area contributed by atoms with Crippen molar-refractivity contribution in [2.24, 2.45) is 0 Å². The van der Waals surface area contributed by atoms with Crippen molar-refractivity contribution in [2.75, 3.05) is 7.05 Å². The van der Waals surface area contributed by atoms with E-state index in [0.29, 0.717) is 12.1 Å². The van der Waals surface area contributed by atoms with Gasteiger partial charge in [-0.3, -0.25) is 4.79 Å². The van der Waals surface area contributed by atoms with E-state index in [1.165, 1.54) is 18.2 Å². The first-order chi connectivity index (χ1) is 9.06. The third-order valence-corrected chi connectivity index (χ3v) is 3.28. The molecule has 0 saturated carbocycles. The van der Waals surface area contributed by atoms with Gasteiger partial charge in [0.25, 0.3) is 5.91 Å². The lowest BCUT2D eigenvalue weighted by molar-refractivity contribution is 0.0784. The summed E-state index contributed by atoms with van der Waals surface area (Å²) in [5.41, 5.74) is 1.38. The number of carbonyl (C=O) groups is 1. The number of halogens is 2. The third-order valence-electron chi connectivity index (χ3n) is 2.75. The summed E-state index contributed by atoms with van der Waals surface area (Å²) in [6.07, 6.45) is 0. The Hall–Kier alpha value is -1.68. The Morgan fingerprint density at radius 1 is 1.21 bits per heavy atom. The summed E-state index contributed by atoms with van der Waals surface area (Å²) in [5.74, 6) is -0.592. The Kier molecular flexibility index (Phi) is 4.32. The van der Waals surface area contributed by atoms with E-state index < -0.39 is 5.82 Å². The fraction of sp³-hybridized carbons (Fsp3) is 0.133.